The molecule has 0 bridgehead atoms. The number of ether oxygens (including phenoxy) is 1. The second kappa shape index (κ2) is 14.2. The number of unbranched alkanes of at least 4 members (excludes halogenated alkanes) is 1. The second-order valence-corrected chi connectivity index (χ2v) is 14.1. The predicted octanol–water partition coefficient (Wildman–Crippen LogP) is 5.55. The highest BCUT2D eigenvalue weighted by molar-refractivity contribution is 6.99. The maximum Gasteiger partial charge on any atom is 0.330 e. The largest absolute Gasteiger partial charge is 0.463 e. The van der Waals surface area contributed by atoms with Gasteiger partial charge < -0.3 is 14.3 Å². The molecule has 0 saturated heterocycles. The first-order valence-corrected chi connectivity index (χ1v) is 14.6. The van der Waals surface area contributed by atoms with Crippen LogP contribution in [0, 0.1) is 0 Å². The quantitative estimate of drug-likeness (QED) is 0.172. The minimum Gasteiger partial charge on any atom is -0.463 e. The van der Waals surface area contributed by atoms with Crippen molar-refractivity contribution in [3.8, 4) is 0 Å². The fourth-order valence-corrected chi connectivity index (χ4v) is 9.01. The second-order valence-electron chi connectivity index (χ2n) is 9.80. The van der Waals surface area contributed by atoms with Crippen molar-refractivity contribution in [3.63, 3.8) is 0 Å². The van der Waals surface area contributed by atoms with E-state index in [1.165, 1.54) is 16.4 Å². The molecule has 0 radical (unpaired) electrons. The molecule has 5 heteroatoms. The average Bonchev–Trinajstić information content (AvgIpc) is 2.84. The molecule has 0 heterocycles. The van der Waals surface area contributed by atoms with Crippen LogP contribution < -0.4 is 10.4 Å². The smallest absolute Gasteiger partial charge is 0.330 e. The molecule has 2 rings (SSSR count). The Balaban J connectivity index is 2.39. The number of rotatable bonds is 13. The molecule has 0 aromatic heterocycles. The molecule has 2 atom stereocenters. The van der Waals surface area contributed by atoms with Crippen molar-refractivity contribution in [2.24, 2.45) is 0 Å². The first kappa shape index (κ1) is 28.8. The van der Waals surface area contributed by atoms with Crippen LogP contribution in [0.4, 0.5) is 0 Å². The summed E-state index contributed by atoms with van der Waals surface area (Å²) in [6, 6.07) is 21.2. The van der Waals surface area contributed by atoms with Crippen LogP contribution in [0.25, 0.3) is 0 Å². The Morgan fingerprint density at radius 3 is 2.03 bits per heavy atom. The molecule has 35 heavy (non-hydrogen) atoms. The summed E-state index contributed by atoms with van der Waals surface area (Å²) in [5.74, 6) is -0.389. The molecule has 1 N–H and O–H groups in total. The number of hydrogen-bond acceptors (Lipinski definition) is 4. The molecule has 190 valence electrons. The van der Waals surface area contributed by atoms with Gasteiger partial charge in [-0.1, -0.05) is 119 Å². The van der Waals surface area contributed by atoms with Gasteiger partial charge in [-0.15, -0.1) is 0 Å². The van der Waals surface area contributed by atoms with Crippen molar-refractivity contribution in [1.82, 2.24) is 0 Å². The van der Waals surface area contributed by atoms with E-state index in [1.54, 1.807) is 19.1 Å². The number of carbonyl (C=O) groups excluding carboxylic acids is 1. The summed E-state index contributed by atoms with van der Waals surface area (Å²) in [6.07, 6.45) is 9.32. The molecule has 2 aromatic rings. The standard InChI is InChI=1S/C30H42O4Si/c1-6-8-17-26(24-23-25(31)16-15-22-29(32)33-7-2)34-35(30(3,4)5,27-18-11-9-12-19-27)28-20-13-10-14-21-28/h9-15,18-26,31H,6-8,16-17H2,1-5H3/b22-15-,24-23-/t25-,26+/m1/s1. The number of benzene rings is 2. The maximum atomic E-state index is 11.5. The van der Waals surface area contributed by atoms with Crippen LogP contribution >= 0.6 is 0 Å². The number of aliphatic hydroxyl groups excluding tert-OH is 1. The lowest BCUT2D eigenvalue weighted by atomic mass is 10.1. The highest BCUT2D eigenvalue weighted by Gasteiger charge is 2.51. The van der Waals surface area contributed by atoms with Gasteiger partial charge in [-0.25, -0.2) is 4.79 Å². The van der Waals surface area contributed by atoms with Gasteiger partial charge in [0.2, 0.25) is 0 Å². The van der Waals surface area contributed by atoms with Gasteiger partial charge in [0.15, 0.2) is 0 Å². The van der Waals surface area contributed by atoms with Crippen molar-refractivity contribution >= 4 is 24.7 Å². The zero-order chi connectivity index (χ0) is 25.7. The summed E-state index contributed by atoms with van der Waals surface area (Å²) in [5.41, 5.74) is 0. The van der Waals surface area contributed by atoms with E-state index < -0.39 is 14.4 Å². The van der Waals surface area contributed by atoms with Gasteiger partial charge in [0.25, 0.3) is 8.32 Å². The molecule has 0 spiro atoms. The van der Waals surface area contributed by atoms with E-state index in [2.05, 4.69) is 76.2 Å². The zero-order valence-corrected chi connectivity index (χ0v) is 22.9. The van der Waals surface area contributed by atoms with E-state index in [9.17, 15) is 9.90 Å². The molecule has 0 fully saturated rings. The highest BCUT2D eigenvalue weighted by Crippen LogP contribution is 2.38. The van der Waals surface area contributed by atoms with Crippen molar-refractivity contribution in [2.75, 3.05) is 6.61 Å². The Hall–Kier alpha value is -2.47. The van der Waals surface area contributed by atoms with Gasteiger partial charge in [-0.05, 0) is 35.2 Å². The van der Waals surface area contributed by atoms with Gasteiger partial charge in [-0.2, -0.15) is 0 Å². The third kappa shape index (κ3) is 8.31. The average molecular weight is 495 g/mol. The Bertz CT molecular complexity index is 892. The van der Waals surface area contributed by atoms with Crippen molar-refractivity contribution in [2.45, 2.75) is 77.5 Å². The molecule has 0 aliphatic carbocycles. The van der Waals surface area contributed by atoms with E-state index in [4.69, 9.17) is 9.16 Å². The summed E-state index contributed by atoms with van der Waals surface area (Å²) in [6.45, 7) is 11.1. The summed E-state index contributed by atoms with van der Waals surface area (Å²) in [7, 11) is -2.69. The van der Waals surface area contributed by atoms with Crippen molar-refractivity contribution in [1.29, 1.82) is 0 Å². The first-order valence-electron chi connectivity index (χ1n) is 12.7. The molecule has 0 saturated carbocycles. The number of hydrogen-bond donors (Lipinski definition) is 1. The SMILES string of the molecule is CCCC[C@@H](/C=C\[C@H](O)C/C=C\C(=O)OCC)O[Si](c1ccccc1)(c1ccccc1)C(C)(C)C. The third-order valence-corrected chi connectivity index (χ3v) is 11.1. The third-order valence-electron chi connectivity index (χ3n) is 6.05. The lowest BCUT2D eigenvalue weighted by molar-refractivity contribution is -0.137. The molecule has 2 aromatic carbocycles. The Morgan fingerprint density at radius 1 is 0.971 bits per heavy atom. The minimum atomic E-state index is -2.69. The van der Waals surface area contributed by atoms with Gasteiger partial charge in [0.1, 0.15) is 0 Å². The highest BCUT2D eigenvalue weighted by atomic mass is 28.4. The summed E-state index contributed by atoms with van der Waals surface area (Å²) >= 11 is 0. The summed E-state index contributed by atoms with van der Waals surface area (Å²) in [4.78, 5) is 11.5. The van der Waals surface area contributed by atoms with E-state index in [0.717, 1.165) is 19.3 Å². The van der Waals surface area contributed by atoms with Gasteiger partial charge in [0.05, 0.1) is 18.8 Å². The predicted molar refractivity (Wildman–Crippen MR) is 148 cm³/mol. The lowest BCUT2D eigenvalue weighted by Crippen LogP contribution is -2.67. The van der Waals surface area contributed by atoms with Crippen LogP contribution in [0.1, 0.15) is 60.3 Å². The molecule has 4 nitrogen and oxygen atoms in total. The Morgan fingerprint density at radius 2 is 1.54 bits per heavy atom. The van der Waals surface area contributed by atoms with Crippen LogP contribution in [0.5, 0.6) is 0 Å². The van der Waals surface area contributed by atoms with Crippen molar-refractivity contribution in [3.05, 3.63) is 85.0 Å². The van der Waals surface area contributed by atoms with E-state index >= 15 is 0 Å². The number of esters is 1. The lowest BCUT2D eigenvalue weighted by Gasteiger charge is -2.45. The molecular weight excluding hydrogens is 452 g/mol. The van der Waals surface area contributed by atoms with Gasteiger partial charge in [0, 0.05) is 6.08 Å². The number of aliphatic hydroxyl groups is 1. The molecule has 0 unspecified atom stereocenters. The van der Waals surface area contributed by atoms with E-state index in [0.29, 0.717) is 13.0 Å². The fraction of sp³-hybridized carbons (Fsp3) is 0.433. The molecular formula is C30H42O4Si. The Labute approximate surface area is 212 Å². The van der Waals surface area contributed by atoms with E-state index in [-0.39, 0.29) is 17.1 Å². The van der Waals surface area contributed by atoms with Crippen molar-refractivity contribution < 1.29 is 19.1 Å². The zero-order valence-electron chi connectivity index (χ0n) is 21.9. The first-order chi connectivity index (χ1) is 16.7. The maximum absolute atomic E-state index is 11.5. The van der Waals surface area contributed by atoms with Gasteiger partial charge in [-0.3, -0.25) is 0 Å². The Kier molecular flexibility index (Phi) is 11.6. The normalized spacial score (nSPS) is 14.3. The monoisotopic (exact) mass is 494 g/mol. The van der Waals surface area contributed by atoms with Crippen LogP contribution in [-0.4, -0.2) is 38.2 Å². The van der Waals surface area contributed by atoms with Gasteiger partial charge >= 0.3 is 5.97 Å². The number of carbonyl (C=O) groups is 1. The van der Waals surface area contributed by atoms with Crippen LogP contribution in [0.2, 0.25) is 5.04 Å². The van der Waals surface area contributed by atoms with Crippen LogP contribution in [-0.2, 0) is 14.0 Å². The fourth-order valence-electron chi connectivity index (χ4n) is 4.34. The van der Waals surface area contributed by atoms with Crippen LogP contribution in [0.15, 0.2) is 85.0 Å². The summed E-state index contributed by atoms with van der Waals surface area (Å²) < 4.78 is 12.1. The van der Waals surface area contributed by atoms with Crippen LogP contribution in [0.3, 0.4) is 0 Å². The molecule has 0 aliphatic heterocycles. The van der Waals surface area contributed by atoms with E-state index in [1.807, 2.05) is 18.2 Å². The topological polar surface area (TPSA) is 55.8 Å². The molecule has 0 aliphatic rings. The molecule has 0 amide bonds. The summed E-state index contributed by atoms with van der Waals surface area (Å²) in [5, 5.41) is 12.9. The minimum absolute atomic E-state index is 0.116.